The van der Waals surface area contributed by atoms with Gasteiger partial charge in [-0.3, -0.25) is 0 Å². The molecule has 0 radical (unpaired) electrons. The van der Waals surface area contributed by atoms with Gasteiger partial charge in [-0.2, -0.15) is 0 Å². The molecule has 0 spiro atoms. The molecule has 1 atom stereocenters. The van der Waals surface area contributed by atoms with Crippen LogP contribution in [0, 0.1) is 30.2 Å². The van der Waals surface area contributed by atoms with E-state index in [4.69, 9.17) is 0 Å². The normalized spacial score (nSPS) is 12.5. The van der Waals surface area contributed by atoms with Gasteiger partial charge in [-0.1, -0.05) is 13.0 Å². The predicted molar refractivity (Wildman–Crippen MR) is 73.0 cm³/mol. The summed E-state index contributed by atoms with van der Waals surface area (Å²) in [5, 5.41) is 2.97. The minimum absolute atomic E-state index is 0.0514. The van der Waals surface area contributed by atoms with Crippen LogP contribution in [-0.2, 0) is 0 Å². The highest BCUT2D eigenvalue weighted by atomic mass is 19.2. The third-order valence-corrected chi connectivity index (χ3v) is 3.31. The summed E-state index contributed by atoms with van der Waals surface area (Å²) in [6.45, 7) is 4.00. The van der Waals surface area contributed by atoms with E-state index in [-0.39, 0.29) is 5.56 Å². The Labute approximate surface area is 120 Å². The zero-order chi connectivity index (χ0) is 15.6. The van der Waals surface area contributed by atoms with Gasteiger partial charge >= 0.3 is 0 Å². The van der Waals surface area contributed by atoms with Gasteiger partial charge in [-0.25, -0.2) is 17.6 Å². The van der Waals surface area contributed by atoms with Crippen molar-refractivity contribution in [2.45, 2.75) is 19.9 Å². The second-order valence-corrected chi connectivity index (χ2v) is 4.78. The Morgan fingerprint density at radius 2 is 1.57 bits per heavy atom. The average Bonchev–Trinajstić information content (AvgIpc) is 2.43. The average molecular weight is 297 g/mol. The van der Waals surface area contributed by atoms with Crippen molar-refractivity contribution in [3.05, 3.63) is 70.3 Å². The molecule has 0 bridgehead atoms. The zero-order valence-corrected chi connectivity index (χ0v) is 11.7. The van der Waals surface area contributed by atoms with E-state index < -0.39 is 29.3 Å². The Kier molecular flexibility index (Phi) is 4.63. The lowest BCUT2D eigenvalue weighted by atomic mass is 9.94. The van der Waals surface area contributed by atoms with Crippen molar-refractivity contribution in [2.24, 2.45) is 0 Å². The summed E-state index contributed by atoms with van der Waals surface area (Å²) in [6, 6.07) is 4.69. The van der Waals surface area contributed by atoms with Gasteiger partial charge < -0.3 is 5.32 Å². The largest absolute Gasteiger partial charge is 0.306 e. The second-order valence-electron chi connectivity index (χ2n) is 4.78. The molecule has 2 aromatic rings. The third-order valence-electron chi connectivity index (χ3n) is 3.31. The van der Waals surface area contributed by atoms with E-state index in [1.165, 1.54) is 12.1 Å². The van der Waals surface area contributed by atoms with Gasteiger partial charge in [0.15, 0.2) is 11.6 Å². The zero-order valence-electron chi connectivity index (χ0n) is 11.7. The molecule has 5 heteroatoms. The molecule has 2 aromatic carbocycles. The SMILES string of the molecule is CCNC(c1cc(F)ccc1C)c1cc(F)c(F)cc1F. The maximum absolute atomic E-state index is 14.0. The summed E-state index contributed by atoms with van der Waals surface area (Å²) in [4.78, 5) is 0. The summed E-state index contributed by atoms with van der Waals surface area (Å²) in [5.74, 6) is -3.73. The van der Waals surface area contributed by atoms with Crippen molar-refractivity contribution in [1.29, 1.82) is 0 Å². The van der Waals surface area contributed by atoms with E-state index in [0.717, 1.165) is 11.6 Å². The first-order valence-electron chi connectivity index (χ1n) is 6.58. The highest BCUT2D eigenvalue weighted by Gasteiger charge is 2.21. The molecule has 0 aliphatic carbocycles. The van der Waals surface area contributed by atoms with E-state index >= 15 is 0 Å². The fourth-order valence-corrected chi connectivity index (χ4v) is 2.27. The lowest BCUT2D eigenvalue weighted by molar-refractivity contribution is 0.480. The highest BCUT2D eigenvalue weighted by Crippen LogP contribution is 2.29. The Morgan fingerprint density at radius 1 is 0.905 bits per heavy atom. The number of hydrogen-bond donors (Lipinski definition) is 1. The fraction of sp³-hybridized carbons (Fsp3) is 0.250. The summed E-state index contributed by atoms with van der Waals surface area (Å²) >= 11 is 0. The van der Waals surface area contributed by atoms with Gasteiger partial charge in [0.2, 0.25) is 0 Å². The molecule has 0 heterocycles. The number of rotatable bonds is 4. The monoisotopic (exact) mass is 297 g/mol. The Morgan fingerprint density at radius 3 is 2.24 bits per heavy atom. The van der Waals surface area contributed by atoms with E-state index in [0.29, 0.717) is 18.2 Å². The second kappa shape index (κ2) is 6.26. The number of halogens is 4. The van der Waals surface area contributed by atoms with Crippen molar-refractivity contribution in [3.63, 3.8) is 0 Å². The minimum atomic E-state index is -1.25. The smallest absolute Gasteiger partial charge is 0.161 e. The molecule has 0 aliphatic heterocycles. The first-order chi connectivity index (χ1) is 9.93. The lowest BCUT2D eigenvalue weighted by Gasteiger charge is -2.21. The van der Waals surface area contributed by atoms with Crippen LogP contribution in [0.3, 0.4) is 0 Å². The predicted octanol–water partition coefficient (Wildman–Crippen LogP) is 4.25. The molecule has 0 aliphatic rings. The molecule has 1 unspecified atom stereocenters. The van der Waals surface area contributed by atoms with Crippen LogP contribution in [0.5, 0.6) is 0 Å². The lowest BCUT2D eigenvalue weighted by Crippen LogP contribution is -2.24. The standard InChI is InChI=1S/C16H15F4N/c1-3-21-16(11-6-10(17)5-4-9(11)2)12-7-14(19)15(20)8-13(12)18/h4-8,16,21H,3H2,1-2H3. The van der Waals surface area contributed by atoms with E-state index in [1.807, 2.05) is 0 Å². The van der Waals surface area contributed by atoms with Crippen molar-refractivity contribution >= 4 is 0 Å². The summed E-state index contributed by atoms with van der Waals surface area (Å²) in [7, 11) is 0. The molecular weight excluding hydrogens is 282 g/mol. The van der Waals surface area contributed by atoms with E-state index in [2.05, 4.69) is 5.32 Å². The first-order valence-corrected chi connectivity index (χ1v) is 6.58. The van der Waals surface area contributed by atoms with Gasteiger partial charge in [0.05, 0.1) is 6.04 Å². The van der Waals surface area contributed by atoms with Crippen LogP contribution in [0.2, 0.25) is 0 Å². The van der Waals surface area contributed by atoms with Gasteiger partial charge in [0, 0.05) is 11.6 Å². The molecular formula is C16H15F4N. The van der Waals surface area contributed by atoms with Crippen LogP contribution in [0.1, 0.15) is 29.7 Å². The molecule has 0 saturated heterocycles. The number of benzene rings is 2. The summed E-state index contributed by atoms with van der Waals surface area (Å²) < 4.78 is 53.9. The van der Waals surface area contributed by atoms with Crippen molar-refractivity contribution in [3.8, 4) is 0 Å². The topological polar surface area (TPSA) is 12.0 Å². The minimum Gasteiger partial charge on any atom is -0.306 e. The van der Waals surface area contributed by atoms with Crippen molar-refractivity contribution in [2.75, 3.05) is 6.54 Å². The Hall–Kier alpha value is -1.88. The fourth-order valence-electron chi connectivity index (χ4n) is 2.27. The number of nitrogens with one attached hydrogen (secondary N) is 1. The van der Waals surface area contributed by atoms with Crippen molar-refractivity contribution in [1.82, 2.24) is 5.32 Å². The van der Waals surface area contributed by atoms with Gasteiger partial charge in [-0.05, 0) is 42.8 Å². The summed E-state index contributed by atoms with van der Waals surface area (Å²) in [6.07, 6.45) is 0. The maximum Gasteiger partial charge on any atom is 0.161 e. The first kappa shape index (κ1) is 15.5. The van der Waals surface area contributed by atoms with Crippen LogP contribution < -0.4 is 5.32 Å². The quantitative estimate of drug-likeness (QED) is 0.657. The molecule has 2 rings (SSSR count). The molecule has 1 N–H and O–H groups in total. The van der Waals surface area contributed by atoms with Crippen LogP contribution in [0.15, 0.2) is 30.3 Å². The van der Waals surface area contributed by atoms with Gasteiger partial charge in [0.1, 0.15) is 11.6 Å². The Balaban J connectivity index is 2.58. The van der Waals surface area contributed by atoms with Gasteiger partial charge in [-0.15, -0.1) is 0 Å². The Bertz CT molecular complexity index is 655. The molecule has 0 fully saturated rings. The number of hydrogen-bond acceptors (Lipinski definition) is 1. The van der Waals surface area contributed by atoms with Gasteiger partial charge in [0.25, 0.3) is 0 Å². The summed E-state index contributed by atoms with van der Waals surface area (Å²) in [5.41, 5.74) is 1.16. The third kappa shape index (κ3) is 3.24. The molecule has 0 aromatic heterocycles. The highest BCUT2D eigenvalue weighted by molar-refractivity contribution is 5.38. The van der Waals surface area contributed by atoms with Crippen LogP contribution in [0.4, 0.5) is 17.6 Å². The number of aryl methyl sites for hydroxylation is 1. The van der Waals surface area contributed by atoms with E-state index in [9.17, 15) is 17.6 Å². The molecule has 0 saturated carbocycles. The molecule has 21 heavy (non-hydrogen) atoms. The molecule has 112 valence electrons. The van der Waals surface area contributed by atoms with E-state index in [1.54, 1.807) is 19.9 Å². The van der Waals surface area contributed by atoms with Crippen LogP contribution >= 0.6 is 0 Å². The molecule has 0 amide bonds. The van der Waals surface area contributed by atoms with Crippen molar-refractivity contribution < 1.29 is 17.6 Å². The maximum atomic E-state index is 14.0. The van der Waals surface area contributed by atoms with Crippen LogP contribution in [0.25, 0.3) is 0 Å². The molecule has 1 nitrogen and oxygen atoms in total. The van der Waals surface area contributed by atoms with Crippen LogP contribution in [-0.4, -0.2) is 6.54 Å².